The highest BCUT2D eigenvalue weighted by Gasteiger charge is 2.16. The Morgan fingerprint density at radius 1 is 1.32 bits per heavy atom. The van der Waals surface area contributed by atoms with Crippen LogP contribution in [0.15, 0.2) is 29.8 Å². The predicted octanol–water partition coefficient (Wildman–Crippen LogP) is 2.58. The van der Waals surface area contributed by atoms with Gasteiger partial charge in [0.05, 0.1) is 0 Å². The van der Waals surface area contributed by atoms with Crippen LogP contribution >= 0.6 is 0 Å². The Balaban J connectivity index is 0.00000324. The Labute approximate surface area is 111 Å². The monoisotopic (exact) mass is 268 g/mol. The Hall–Kier alpha value is -2.01. The molecule has 0 unspecified atom stereocenters. The second-order valence-electron chi connectivity index (χ2n) is 3.47. The number of methoxy groups -OCH3 is 1. The predicted molar refractivity (Wildman–Crippen MR) is 69.8 cm³/mol. The molecule has 1 aromatic carbocycles. The maximum atomic E-state index is 13.4. The van der Waals surface area contributed by atoms with Gasteiger partial charge in [-0.05, 0) is 19.1 Å². The number of carbonyl (C=O) groups is 2. The number of hydrogen-bond acceptors (Lipinski definition) is 4. The minimum Gasteiger partial charge on any atom is -0.435 e. The van der Waals surface area contributed by atoms with Crippen molar-refractivity contribution in [1.82, 2.24) is 0 Å². The summed E-state index contributed by atoms with van der Waals surface area (Å²) in [7, 11) is 1.35. The second-order valence-corrected chi connectivity index (χ2v) is 3.47. The van der Waals surface area contributed by atoms with Crippen molar-refractivity contribution in [3.05, 3.63) is 41.2 Å². The van der Waals surface area contributed by atoms with Crippen LogP contribution in [-0.4, -0.2) is 25.7 Å². The number of rotatable bonds is 5. The number of hydrogen-bond donors (Lipinski definition) is 0. The summed E-state index contributed by atoms with van der Waals surface area (Å²) >= 11 is 0. The largest absolute Gasteiger partial charge is 0.435 e. The molecule has 0 saturated carbocycles. The third-order valence-electron chi connectivity index (χ3n) is 2.11. The molecule has 19 heavy (non-hydrogen) atoms. The fourth-order valence-electron chi connectivity index (χ4n) is 1.24. The molecule has 1 rings (SSSR count). The molecular weight excluding hydrogens is 251 g/mol. The van der Waals surface area contributed by atoms with Crippen LogP contribution in [0.5, 0.6) is 0 Å². The molecule has 0 saturated heterocycles. The first-order valence-corrected chi connectivity index (χ1v) is 5.19. The van der Waals surface area contributed by atoms with Crippen molar-refractivity contribution in [3.63, 3.8) is 0 Å². The van der Waals surface area contributed by atoms with Gasteiger partial charge in [-0.3, -0.25) is 4.79 Å². The first-order valence-electron chi connectivity index (χ1n) is 5.19. The molecule has 104 valence electrons. The normalized spacial score (nSPS) is 10.6. The highest BCUT2D eigenvalue weighted by atomic mass is 19.1. The van der Waals surface area contributed by atoms with E-state index >= 15 is 0 Å². The molecule has 0 heterocycles. The number of ketones is 1. The standard InChI is InChI=1S/C13H13FO4.CH4/c1-9(15)11(13(16)18-8-17-2)7-10-5-3-4-6-12(10)14;/h3-7H,8H2,1-2H3;1H4. The van der Waals surface area contributed by atoms with Gasteiger partial charge in [-0.2, -0.15) is 0 Å². The van der Waals surface area contributed by atoms with Crippen molar-refractivity contribution in [2.45, 2.75) is 14.4 Å². The summed E-state index contributed by atoms with van der Waals surface area (Å²) in [6.45, 7) is 0.946. The fourth-order valence-corrected chi connectivity index (χ4v) is 1.24. The molecule has 0 N–H and O–H groups in total. The number of halogens is 1. The highest BCUT2D eigenvalue weighted by molar-refractivity contribution is 6.19. The van der Waals surface area contributed by atoms with Gasteiger partial charge in [0.25, 0.3) is 0 Å². The molecule has 0 aliphatic rings. The van der Waals surface area contributed by atoms with E-state index in [1.165, 1.54) is 32.2 Å². The van der Waals surface area contributed by atoms with Gasteiger partial charge in [-0.15, -0.1) is 0 Å². The summed E-state index contributed by atoms with van der Waals surface area (Å²) < 4.78 is 22.6. The van der Waals surface area contributed by atoms with Crippen LogP contribution in [-0.2, 0) is 19.1 Å². The third-order valence-corrected chi connectivity index (χ3v) is 2.11. The molecule has 5 heteroatoms. The van der Waals surface area contributed by atoms with Gasteiger partial charge in [-0.1, -0.05) is 25.6 Å². The minimum absolute atomic E-state index is 0. The average molecular weight is 268 g/mol. The van der Waals surface area contributed by atoms with Crippen LogP contribution in [0.1, 0.15) is 19.9 Å². The summed E-state index contributed by atoms with van der Waals surface area (Å²) in [5.41, 5.74) is -0.0748. The van der Waals surface area contributed by atoms with E-state index in [0.717, 1.165) is 6.08 Å². The van der Waals surface area contributed by atoms with Crippen LogP contribution in [0.3, 0.4) is 0 Å². The van der Waals surface area contributed by atoms with E-state index in [4.69, 9.17) is 0 Å². The summed E-state index contributed by atoms with van der Waals surface area (Å²) in [5, 5.41) is 0. The molecule has 0 fully saturated rings. The number of Topliss-reactive ketones (excluding diaryl/α,β-unsaturated/α-hetero) is 1. The van der Waals surface area contributed by atoms with Crippen LogP contribution in [0.25, 0.3) is 6.08 Å². The van der Waals surface area contributed by atoms with Gasteiger partial charge in [0, 0.05) is 12.7 Å². The topological polar surface area (TPSA) is 52.6 Å². The molecule has 0 spiro atoms. The first kappa shape index (κ1) is 17.0. The lowest BCUT2D eigenvalue weighted by molar-refractivity contribution is -0.149. The first-order chi connectivity index (χ1) is 8.56. The van der Waals surface area contributed by atoms with Crippen LogP contribution in [0.2, 0.25) is 0 Å². The summed E-state index contributed by atoms with van der Waals surface area (Å²) in [6, 6.07) is 5.82. The highest BCUT2D eigenvalue weighted by Crippen LogP contribution is 2.13. The van der Waals surface area contributed by atoms with Gasteiger partial charge in [-0.25, -0.2) is 9.18 Å². The SMILES string of the molecule is C.COCOC(=O)C(=Cc1ccccc1F)C(C)=O. The lowest BCUT2D eigenvalue weighted by Crippen LogP contribution is -2.15. The van der Waals surface area contributed by atoms with E-state index in [0.29, 0.717) is 0 Å². The average Bonchev–Trinajstić information content (AvgIpc) is 2.34. The molecule has 0 amide bonds. The zero-order valence-corrected chi connectivity index (χ0v) is 10.1. The van der Waals surface area contributed by atoms with Gasteiger partial charge < -0.3 is 9.47 Å². The second kappa shape index (κ2) is 8.16. The van der Waals surface area contributed by atoms with Crippen LogP contribution in [0.4, 0.5) is 4.39 Å². The molecule has 1 aromatic rings. The van der Waals surface area contributed by atoms with Crippen molar-refractivity contribution in [2.75, 3.05) is 13.9 Å². The van der Waals surface area contributed by atoms with Crippen LogP contribution in [0, 0.1) is 5.82 Å². The number of esters is 1. The number of benzene rings is 1. The van der Waals surface area contributed by atoms with Gasteiger partial charge in [0.15, 0.2) is 12.6 Å². The molecule has 0 bridgehead atoms. The van der Waals surface area contributed by atoms with Crippen molar-refractivity contribution in [1.29, 1.82) is 0 Å². The lowest BCUT2D eigenvalue weighted by atomic mass is 10.1. The quantitative estimate of drug-likeness (QED) is 0.271. The molecule has 0 aliphatic carbocycles. The zero-order valence-electron chi connectivity index (χ0n) is 10.1. The molecule has 0 radical (unpaired) electrons. The third kappa shape index (κ3) is 5.01. The van der Waals surface area contributed by atoms with E-state index in [2.05, 4.69) is 9.47 Å². The molecular formula is C14H17FO4. The smallest absolute Gasteiger partial charge is 0.343 e. The molecule has 0 aliphatic heterocycles. The summed E-state index contributed by atoms with van der Waals surface area (Å²) in [4.78, 5) is 22.9. The van der Waals surface area contributed by atoms with Crippen LogP contribution < -0.4 is 0 Å². The maximum absolute atomic E-state index is 13.4. The van der Waals surface area contributed by atoms with E-state index < -0.39 is 17.6 Å². The lowest BCUT2D eigenvalue weighted by Gasteiger charge is -2.05. The van der Waals surface area contributed by atoms with E-state index in [-0.39, 0.29) is 25.4 Å². The Morgan fingerprint density at radius 2 is 1.95 bits per heavy atom. The molecule has 0 aromatic heterocycles. The Bertz CT molecular complexity index is 480. The van der Waals surface area contributed by atoms with E-state index in [9.17, 15) is 14.0 Å². The number of carbonyl (C=O) groups excluding carboxylic acids is 2. The van der Waals surface area contributed by atoms with E-state index in [1.807, 2.05) is 0 Å². The molecule has 0 atom stereocenters. The van der Waals surface area contributed by atoms with Gasteiger partial charge >= 0.3 is 5.97 Å². The summed E-state index contributed by atoms with van der Waals surface area (Å²) in [5.74, 6) is -1.86. The van der Waals surface area contributed by atoms with E-state index in [1.54, 1.807) is 6.07 Å². The Kier molecular flexibility index (Phi) is 7.29. The Morgan fingerprint density at radius 3 is 2.47 bits per heavy atom. The number of ether oxygens (including phenoxy) is 2. The van der Waals surface area contributed by atoms with Crippen molar-refractivity contribution in [3.8, 4) is 0 Å². The van der Waals surface area contributed by atoms with Gasteiger partial charge in [0.2, 0.25) is 0 Å². The van der Waals surface area contributed by atoms with Crippen molar-refractivity contribution in [2.24, 2.45) is 0 Å². The minimum atomic E-state index is -0.840. The van der Waals surface area contributed by atoms with Crippen molar-refractivity contribution >= 4 is 17.8 Å². The van der Waals surface area contributed by atoms with Crippen molar-refractivity contribution < 1.29 is 23.5 Å². The summed E-state index contributed by atoms with van der Waals surface area (Å²) in [6.07, 6.45) is 1.16. The zero-order chi connectivity index (χ0) is 13.5. The van der Waals surface area contributed by atoms with Gasteiger partial charge in [0.1, 0.15) is 11.4 Å². The maximum Gasteiger partial charge on any atom is 0.343 e. The molecule has 4 nitrogen and oxygen atoms in total. The fraction of sp³-hybridized carbons (Fsp3) is 0.286.